The van der Waals surface area contributed by atoms with Crippen LogP contribution in [0.25, 0.3) is 16.5 Å². The first-order chi connectivity index (χ1) is 14.6. The first-order valence-electron chi connectivity index (χ1n) is 10.4. The Kier molecular flexibility index (Phi) is 4.75. The highest BCUT2D eigenvalue weighted by atomic mass is 16.4. The summed E-state index contributed by atoms with van der Waals surface area (Å²) in [5.74, 6) is 0.531. The van der Waals surface area contributed by atoms with Crippen LogP contribution in [0, 0.1) is 0 Å². The van der Waals surface area contributed by atoms with Gasteiger partial charge in [0.2, 0.25) is 0 Å². The Hall–Kier alpha value is -3.18. The van der Waals surface area contributed by atoms with Gasteiger partial charge in [-0.25, -0.2) is 4.79 Å². The van der Waals surface area contributed by atoms with Gasteiger partial charge in [-0.1, -0.05) is 24.3 Å². The first-order valence-corrected chi connectivity index (χ1v) is 10.4. The summed E-state index contributed by atoms with van der Waals surface area (Å²) >= 11 is 0. The molecule has 5 nitrogen and oxygen atoms in total. The van der Waals surface area contributed by atoms with Gasteiger partial charge in [0.25, 0.3) is 0 Å². The van der Waals surface area contributed by atoms with Gasteiger partial charge in [-0.05, 0) is 69.6 Å². The van der Waals surface area contributed by atoms with Gasteiger partial charge < -0.3 is 14.2 Å². The Balaban J connectivity index is 1.50. The van der Waals surface area contributed by atoms with E-state index in [9.17, 15) is 4.79 Å². The third-order valence-corrected chi connectivity index (χ3v) is 6.11. The fourth-order valence-electron chi connectivity index (χ4n) is 4.31. The number of allylic oxidation sites excluding steroid dienone is 6. The molecular formula is C25H25N3O2. The molecule has 0 aliphatic carbocycles. The van der Waals surface area contributed by atoms with Gasteiger partial charge in [0.15, 0.2) is 0 Å². The van der Waals surface area contributed by atoms with Crippen molar-refractivity contribution in [1.82, 2.24) is 9.80 Å². The zero-order chi connectivity index (χ0) is 20.7. The number of aliphatic imine (C=N–C) groups is 1. The molecule has 5 rings (SSSR count). The highest BCUT2D eigenvalue weighted by Gasteiger charge is 2.20. The van der Waals surface area contributed by atoms with Gasteiger partial charge in [-0.3, -0.25) is 4.99 Å². The molecule has 0 atom stereocenters. The zero-order valence-electron chi connectivity index (χ0n) is 17.3. The van der Waals surface area contributed by atoms with Gasteiger partial charge in [0.1, 0.15) is 5.58 Å². The standard InChI is InChI=1S/C25H25N3O2/c1-17-15-28-16-21(4-3-5-22(28)14-26-17)23-12-20-7-6-19(13-24(20)30-25(23)29)18-8-10-27(2)11-9-18/h3-7,12-16,18H,8-11H2,1-2H3. The molecule has 0 radical (unpaired) electrons. The van der Waals surface area contributed by atoms with Gasteiger partial charge in [0.05, 0.1) is 23.2 Å². The quantitative estimate of drug-likeness (QED) is 0.690. The molecule has 0 saturated carbocycles. The maximum atomic E-state index is 12.9. The molecular weight excluding hydrogens is 374 g/mol. The number of fused-ring (bicyclic) bond motifs is 2. The van der Waals surface area contributed by atoms with Crippen LogP contribution in [0.5, 0.6) is 0 Å². The van der Waals surface area contributed by atoms with Crippen molar-refractivity contribution >= 4 is 22.8 Å². The fraction of sp³-hybridized carbons (Fsp3) is 0.280. The maximum absolute atomic E-state index is 12.9. The minimum absolute atomic E-state index is 0.311. The summed E-state index contributed by atoms with van der Waals surface area (Å²) in [5, 5.41) is 0.944. The Morgan fingerprint density at radius 2 is 1.97 bits per heavy atom. The van der Waals surface area contributed by atoms with E-state index in [1.54, 1.807) is 0 Å². The van der Waals surface area contributed by atoms with E-state index in [0.717, 1.165) is 48.3 Å². The molecule has 1 aromatic carbocycles. The number of benzene rings is 1. The Bertz CT molecular complexity index is 1200. The summed E-state index contributed by atoms with van der Waals surface area (Å²) in [7, 11) is 2.17. The predicted molar refractivity (Wildman–Crippen MR) is 121 cm³/mol. The fourth-order valence-corrected chi connectivity index (χ4v) is 4.31. The smallest absolute Gasteiger partial charge is 0.344 e. The number of rotatable bonds is 2. The average Bonchev–Trinajstić information content (AvgIpc) is 2.95. The highest BCUT2D eigenvalue weighted by molar-refractivity contribution is 5.86. The second-order valence-electron chi connectivity index (χ2n) is 8.29. The lowest BCUT2D eigenvalue weighted by Crippen LogP contribution is -2.29. The molecule has 3 aliphatic rings. The molecule has 2 aromatic rings. The van der Waals surface area contributed by atoms with Crippen molar-refractivity contribution in [3.05, 3.63) is 87.8 Å². The van der Waals surface area contributed by atoms with E-state index in [-0.39, 0.29) is 5.63 Å². The van der Waals surface area contributed by atoms with Crippen molar-refractivity contribution in [1.29, 1.82) is 0 Å². The molecule has 30 heavy (non-hydrogen) atoms. The van der Waals surface area contributed by atoms with Crippen molar-refractivity contribution in [2.45, 2.75) is 25.7 Å². The minimum Gasteiger partial charge on any atom is -0.422 e. The molecule has 4 heterocycles. The highest BCUT2D eigenvalue weighted by Crippen LogP contribution is 2.30. The van der Waals surface area contributed by atoms with Crippen molar-refractivity contribution in [3.63, 3.8) is 0 Å². The summed E-state index contributed by atoms with van der Waals surface area (Å²) in [6.45, 7) is 4.17. The van der Waals surface area contributed by atoms with Gasteiger partial charge >= 0.3 is 5.63 Å². The van der Waals surface area contributed by atoms with E-state index >= 15 is 0 Å². The van der Waals surface area contributed by atoms with Crippen LogP contribution < -0.4 is 5.63 Å². The summed E-state index contributed by atoms with van der Waals surface area (Å²) in [5.41, 5.74) is 4.87. The van der Waals surface area contributed by atoms with Gasteiger partial charge in [-0.15, -0.1) is 0 Å². The van der Waals surface area contributed by atoms with Crippen LogP contribution in [0.2, 0.25) is 0 Å². The SMILES string of the molecule is CC1=CN2C=C(c3cc4ccc(C5CCN(C)CC5)cc4oc3=O)C=CC=C2C=N1. The predicted octanol–water partition coefficient (Wildman–Crippen LogP) is 4.64. The molecule has 1 saturated heterocycles. The second-order valence-corrected chi connectivity index (χ2v) is 8.29. The molecule has 0 N–H and O–H groups in total. The first kappa shape index (κ1) is 18.8. The van der Waals surface area contributed by atoms with Crippen LogP contribution in [0.1, 0.15) is 36.8 Å². The van der Waals surface area contributed by atoms with Crippen molar-refractivity contribution in [2.75, 3.05) is 20.1 Å². The Morgan fingerprint density at radius 3 is 2.80 bits per heavy atom. The van der Waals surface area contributed by atoms with E-state index in [4.69, 9.17) is 4.42 Å². The normalized spacial score (nSPS) is 19.9. The number of hydrogen-bond acceptors (Lipinski definition) is 5. The summed E-state index contributed by atoms with van der Waals surface area (Å²) in [6, 6.07) is 8.26. The van der Waals surface area contributed by atoms with E-state index in [0.29, 0.717) is 17.1 Å². The third kappa shape index (κ3) is 3.57. The van der Waals surface area contributed by atoms with Crippen molar-refractivity contribution < 1.29 is 4.42 Å². The van der Waals surface area contributed by atoms with Crippen molar-refractivity contribution in [3.8, 4) is 0 Å². The lowest BCUT2D eigenvalue weighted by molar-refractivity contribution is 0.255. The van der Waals surface area contributed by atoms with Crippen LogP contribution in [-0.2, 0) is 0 Å². The number of hydrogen-bond donors (Lipinski definition) is 0. The van der Waals surface area contributed by atoms with Crippen molar-refractivity contribution in [2.24, 2.45) is 4.99 Å². The van der Waals surface area contributed by atoms with E-state index in [1.807, 2.05) is 54.7 Å². The van der Waals surface area contributed by atoms with Crippen LogP contribution in [0.15, 0.2) is 80.5 Å². The lowest BCUT2D eigenvalue weighted by atomic mass is 9.89. The molecule has 1 fully saturated rings. The van der Waals surface area contributed by atoms with Gasteiger partial charge in [-0.2, -0.15) is 0 Å². The zero-order valence-corrected chi connectivity index (χ0v) is 17.3. The van der Waals surface area contributed by atoms with Crippen LogP contribution in [0.3, 0.4) is 0 Å². The third-order valence-electron chi connectivity index (χ3n) is 6.11. The molecule has 0 amide bonds. The van der Waals surface area contributed by atoms with Crippen LogP contribution in [0.4, 0.5) is 0 Å². The number of nitrogens with zero attached hydrogens (tertiary/aromatic N) is 3. The summed E-state index contributed by atoms with van der Waals surface area (Å²) < 4.78 is 5.78. The minimum atomic E-state index is -0.311. The molecule has 0 unspecified atom stereocenters. The average molecular weight is 399 g/mol. The summed E-state index contributed by atoms with van der Waals surface area (Å²) in [4.78, 5) is 21.6. The molecule has 152 valence electrons. The lowest BCUT2D eigenvalue weighted by Gasteiger charge is -2.29. The molecule has 0 spiro atoms. The monoisotopic (exact) mass is 399 g/mol. The van der Waals surface area contributed by atoms with E-state index in [1.165, 1.54) is 5.56 Å². The Morgan fingerprint density at radius 1 is 1.13 bits per heavy atom. The van der Waals surface area contributed by atoms with Gasteiger partial charge in [0, 0.05) is 23.4 Å². The number of likely N-dealkylation sites (tertiary alicyclic amines) is 1. The molecule has 3 aliphatic heterocycles. The molecule has 1 aromatic heterocycles. The Labute approximate surface area is 176 Å². The maximum Gasteiger partial charge on any atom is 0.344 e. The van der Waals surface area contributed by atoms with Crippen LogP contribution in [-0.4, -0.2) is 36.2 Å². The molecule has 0 bridgehead atoms. The topological polar surface area (TPSA) is 49.0 Å². The van der Waals surface area contributed by atoms with E-state index in [2.05, 4.69) is 35.1 Å². The second kappa shape index (κ2) is 7.58. The van der Waals surface area contributed by atoms with E-state index < -0.39 is 0 Å². The number of piperidine rings is 1. The van der Waals surface area contributed by atoms with Crippen LogP contribution >= 0.6 is 0 Å². The molecule has 5 heteroatoms. The largest absolute Gasteiger partial charge is 0.422 e. The summed E-state index contributed by atoms with van der Waals surface area (Å²) in [6.07, 6.45) is 13.9.